The van der Waals surface area contributed by atoms with Crippen molar-refractivity contribution in [2.24, 2.45) is 18.9 Å². The first-order valence-electron chi connectivity index (χ1n) is 7.12. The number of rotatable bonds is 4. The van der Waals surface area contributed by atoms with Crippen LogP contribution in [0.3, 0.4) is 0 Å². The molecule has 3 aliphatic rings. The Balaban J connectivity index is 1.52. The minimum Gasteiger partial charge on any atom is -0.387 e. The quantitative estimate of drug-likeness (QED) is 0.852. The number of hydrogen-bond acceptors (Lipinski definition) is 3. The van der Waals surface area contributed by atoms with Crippen molar-refractivity contribution in [3.8, 4) is 0 Å². The molecule has 0 saturated heterocycles. The van der Waals surface area contributed by atoms with Crippen molar-refractivity contribution in [3.05, 3.63) is 18.0 Å². The minimum absolute atomic E-state index is 0.431. The maximum absolute atomic E-state index is 10.1. The van der Waals surface area contributed by atoms with Gasteiger partial charge in [0.25, 0.3) is 0 Å². The van der Waals surface area contributed by atoms with Crippen LogP contribution in [0.4, 0.5) is 0 Å². The average molecular weight is 249 g/mol. The third kappa shape index (κ3) is 2.45. The van der Waals surface area contributed by atoms with Gasteiger partial charge in [-0.05, 0) is 31.1 Å². The van der Waals surface area contributed by atoms with Crippen LogP contribution in [0.5, 0.6) is 0 Å². The van der Waals surface area contributed by atoms with Gasteiger partial charge in [0.2, 0.25) is 0 Å². The fraction of sp³-hybridized carbons (Fsp3) is 0.786. The SMILES string of the molecule is Cn1cc(C(O)CNC2CC3CCC2CC3)cn1. The summed E-state index contributed by atoms with van der Waals surface area (Å²) in [4.78, 5) is 0. The zero-order chi connectivity index (χ0) is 12.5. The average Bonchev–Trinajstić information content (AvgIpc) is 2.84. The molecule has 2 bridgehead atoms. The molecule has 18 heavy (non-hydrogen) atoms. The summed E-state index contributed by atoms with van der Waals surface area (Å²) in [6.07, 6.45) is 10.1. The molecule has 3 saturated carbocycles. The zero-order valence-electron chi connectivity index (χ0n) is 11.0. The van der Waals surface area contributed by atoms with Crippen LogP contribution in [0.25, 0.3) is 0 Å². The van der Waals surface area contributed by atoms with E-state index in [2.05, 4.69) is 10.4 Å². The molecule has 0 radical (unpaired) electrons. The third-order valence-corrected chi connectivity index (χ3v) is 4.73. The zero-order valence-corrected chi connectivity index (χ0v) is 11.0. The number of hydrogen-bond donors (Lipinski definition) is 2. The number of aryl methyl sites for hydroxylation is 1. The van der Waals surface area contributed by atoms with Crippen molar-refractivity contribution in [2.75, 3.05) is 6.54 Å². The van der Waals surface area contributed by atoms with E-state index >= 15 is 0 Å². The van der Waals surface area contributed by atoms with Crippen LogP contribution in [-0.4, -0.2) is 27.5 Å². The van der Waals surface area contributed by atoms with Gasteiger partial charge in [-0.3, -0.25) is 4.68 Å². The van der Waals surface area contributed by atoms with Gasteiger partial charge in [-0.25, -0.2) is 0 Å². The molecular weight excluding hydrogens is 226 g/mol. The molecule has 2 atom stereocenters. The van der Waals surface area contributed by atoms with Gasteiger partial charge in [0.05, 0.1) is 12.3 Å². The van der Waals surface area contributed by atoms with Crippen LogP contribution in [0.2, 0.25) is 0 Å². The highest BCUT2D eigenvalue weighted by atomic mass is 16.3. The molecule has 1 heterocycles. The Morgan fingerprint density at radius 1 is 1.44 bits per heavy atom. The van der Waals surface area contributed by atoms with E-state index < -0.39 is 6.10 Å². The monoisotopic (exact) mass is 249 g/mol. The smallest absolute Gasteiger partial charge is 0.0944 e. The van der Waals surface area contributed by atoms with E-state index in [-0.39, 0.29) is 0 Å². The summed E-state index contributed by atoms with van der Waals surface area (Å²) in [5, 5.41) is 17.8. The summed E-state index contributed by atoms with van der Waals surface area (Å²) in [6.45, 7) is 0.652. The topological polar surface area (TPSA) is 50.1 Å². The Hall–Kier alpha value is -0.870. The molecule has 100 valence electrons. The Labute approximate surface area is 108 Å². The lowest BCUT2D eigenvalue weighted by Gasteiger charge is -2.43. The molecule has 4 nitrogen and oxygen atoms in total. The van der Waals surface area contributed by atoms with Gasteiger partial charge < -0.3 is 10.4 Å². The minimum atomic E-state index is -0.431. The standard InChI is InChI=1S/C14H23N3O/c1-17-9-12(7-16-17)14(18)8-15-13-6-10-2-4-11(13)5-3-10/h7,9-11,13-15,18H,2-6,8H2,1H3. The Morgan fingerprint density at radius 2 is 2.22 bits per heavy atom. The molecule has 2 unspecified atom stereocenters. The molecular formula is C14H23N3O. The summed E-state index contributed by atoms with van der Waals surface area (Å²) < 4.78 is 1.74. The fourth-order valence-corrected chi connectivity index (χ4v) is 3.62. The summed E-state index contributed by atoms with van der Waals surface area (Å²) in [6, 6.07) is 0.629. The highest BCUT2D eigenvalue weighted by molar-refractivity contribution is 5.08. The molecule has 2 N–H and O–H groups in total. The van der Waals surface area contributed by atoms with Crippen LogP contribution in [0, 0.1) is 11.8 Å². The van der Waals surface area contributed by atoms with Crippen molar-refractivity contribution in [3.63, 3.8) is 0 Å². The van der Waals surface area contributed by atoms with E-state index in [1.807, 2.05) is 13.2 Å². The summed E-state index contributed by atoms with van der Waals surface area (Å²) in [7, 11) is 1.88. The fourth-order valence-electron chi connectivity index (χ4n) is 3.62. The molecule has 3 aliphatic carbocycles. The lowest BCUT2D eigenvalue weighted by Crippen LogP contribution is -2.45. The molecule has 0 amide bonds. The molecule has 4 rings (SSSR count). The first-order chi connectivity index (χ1) is 8.72. The highest BCUT2D eigenvalue weighted by Crippen LogP contribution is 2.41. The summed E-state index contributed by atoms with van der Waals surface area (Å²) in [5.41, 5.74) is 0.908. The third-order valence-electron chi connectivity index (χ3n) is 4.73. The summed E-state index contributed by atoms with van der Waals surface area (Å²) >= 11 is 0. The number of nitrogens with one attached hydrogen (secondary N) is 1. The molecule has 0 aromatic carbocycles. The number of aromatic nitrogens is 2. The second-order valence-electron chi connectivity index (χ2n) is 5.99. The van der Waals surface area contributed by atoms with E-state index in [1.165, 1.54) is 32.1 Å². The number of aliphatic hydroxyl groups excluding tert-OH is 1. The van der Waals surface area contributed by atoms with E-state index in [1.54, 1.807) is 10.9 Å². The van der Waals surface area contributed by atoms with Crippen LogP contribution in [0.15, 0.2) is 12.4 Å². The van der Waals surface area contributed by atoms with Gasteiger partial charge in [0.15, 0.2) is 0 Å². The molecule has 4 heteroatoms. The predicted molar refractivity (Wildman–Crippen MR) is 70.0 cm³/mol. The lowest BCUT2D eigenvalue weighted by molar-refractivity contribution is 0.104. The van der Waals surface area contributed by atoms with E-state index in [4.69, 9.17) is 0 Å². The second kappa shape index (κ2) is 5.02. The van der Waals surface area contributed by atoms with Crippen LogP contribution in [-0.2, 0) is 7.05 Å². The van der Waals surface area contributed by atoms with E-state index in [9.17, 15) is 5.11 Å². The van der Waals surface area contributed by atoms with Gasteiger partial charge in [-0.2, -0.15) is 5.10 Å². The maximum Gasteiger partial charge on any atom is 0.0944 e. The van der Waals surface area contributed by atoms with Crippen molar-refractivity contribution >= 4 is 0 Å². The predicted octanol–water partition coefficient (Wildman–Crippen LogP) is 1.62. The largest absolute Gasteiger partial charge is 0.387 e. The van der Waals surface area contributed by atoms with Crippen molar-refractivity contribution in [2.45, 2.75) is 44.2 Å². The molecule has 0 aliphatic heterocycles. The van der Waals surface area contributed by atoms with E-state index in [0.717, 1.165) is 17.4 Å². The normalized spacial score (nSPS) is 32.7. The van der Waals surface area contributed by atoms with Gasteiger partial charge >= 0.3 is 0 Å². The van der Waals surface area contributed by atoms with E-state index in [0.29, 0.717) is 12.6 Å². The number of aliphatic hydroxyl groups is 1. The Bertz CT molecular complexity index is 395. The first kappa shape index (κ1) is 12.2. The highest BCUT2D eigenvalue weighted by Gasteiger charge is 2.35. The maximum atomic E-state index is 10.1. The van der Waals surface area contributed by atoms with Gasteiger partial charge in [-0.15, -0.1) is 0 Å². The molecule has 3 fully saturated rings. The van der Waals surface area contributed by atoms with Gasteiger partial charge in [0.1, 0.15) is 0 Å². The van der Waals surface area contributed by atoms with Crippen molar-refractivity contribution in [1.82, 2.24) is 15.1 Å². The van der Waals surface area contributed by atoms with Crippen LogP contribution >= 0.6 is 0 Å². The number of nitrogens with zero attached hydrogens (tertiary/aromatic N) is 2. The lowest BCUT2D eigenvalue weighted by atomic mass is 9.68. The Morgan fingerprint density at radius 3 is 2.78 bits per heavy atom. The molecule has 0 spiro atoms. The first-order valence-corrected chi connectivity index (χ1v) is 7.12. The summed E-state index contributed by atoms with van der Waals surface area (Å²) in [5.74, 6) is 1.78. The van der Waals surface area contributed by atoms with Crippen LogP contribution in [0.1, 0.15) is 43.8 Å². The van der Waals surface area contributed by atoms with Crippen molar-refractivity contribution in [1.29, 1.82) is 0 Å². The second-order valence-corrected chi connectivity index (χ2v) is 5.99. The van der Waals surface area contributed by atoms with Crippen molar-refractivity contribution < 1.29 is 5.11 Å². The van der Waals surface area contributed by atoms with Gasteiger partial charge in [0, 0.05) is 31.4 Å². The van der Waals surface area contributed by atoms with Gasteiger partial charge in [-0.1, -0.05) is 12.8 Å². The molecule has 1 aromatic rings. The molecule has 1 aromatic heterocycles. The number of fused-ring (bicyclic) bond motifs is 3. The van der Waals surface area contributed by atoms with Crippen LogP contribution < -0.4 is 5.32 Å². The Kier molecular flexibility index (Phi) is 3.39.